The van der Waals surface area contributed by atoms with Gasteiger partial charge in [-0.25, -0.2) is 0 Å². The quantitative estimate of drug-likeness (QED) is 0.755. The summed E-state index contributed by atoms with van der Waals surface area (Å²) in [4.78, 5) is 12.3. The molecule has 0 amide bonds. The van der Waals surface area contributed by atoms with E-state index in [9.17, 15) is 15.0 Å². The van der Waals surface area contributed by atoms with Gasteiger partial charge in [-0.15, -0.1) is 0 Å². The second-order valence-electron chi connectivity index (χ2n) is 6.50. The van der Waals surface area contributed by atoms with Crippen molar-refractivity contribution in [1.82, 2.24) is 0 Å². The summed E-state index contributed by atoms with van der Waals surface area (Å²) in [6.07, 6.45) is 5.82. The maximum Gasteiger partial charge on any atom is 0.143 e. The molecule has 0 aromatic rings. The van der Waals surface area contributed by atoms with Crippen LogP contribution in [0.4, 0.5) is 0 Å². The molecule has 3 fully saturated rings. The predicted molar refractivity (Wildman–Crippen MR) is 69.6 cm³/mol. The highest BCUT2D eigenvalue weighted by molar-refractivity contribution is 5.83. The van der Waals surface area contributed by atoms with Gasteiger partial charge in [0.05, 0.1) is 30.3 Å². The number of carbonyl (C=O) groups is 1. The van der Waals surface area contributed by atoms with Crippen molar-refractivity contribution in [2.45, 2.75) is 75.8 Å². The molecule has 4 heteroatoms. The van der Waals surface area contributed by atoms with E-state index in [0.717, 1.165) is 12.8 Å². The number of fused-ring (bicyclic) bond motifs is 1. The number of ether oxygens (including phenoxy) is 1. The van der Waals surface area contributed by atoms with E-state index in [1.807, 2.05) is 0 Å². The largest absolute Gasteiger partial charge is 0.393 e. The predicted octanol–water partition coefficient (Wildman–Crippen LogP) is 1.43. The summed E-state index contributed by atoms with van der Waals surface area (Å²) < 4.78 is 6.10. The highest BCUT2D eigenvalue weighted by Gasteiger charge is 2.47. The first-order chi connectivity index (χ1) is 9.15. The van der Waals surface area contributed by atoms with Gasteiger partial charge in [0.25, 0.3) is 0 Å². The van der Waals surface area contributed by atoms with Gasteiger partial charge in [0.15, 0.2) is 0 Å². The number of ketones is 1. The maximum absolute atomic E-state index is 12.3. The molecule has 0 bridgehead atoms. The molecule has 0 aromatic heterocycles. The Labute approximate surface area is 114 Å². The molecule has 5 atom stereocenters. The molecule has 0 aromatic carbocycles. The van der Waals surface area contributed by atoms with Crippen molar-refractivity contribution in [3.63, 3.8) is 0 Å². The Balaban J connectivity index is 1.69. The number of hydrogen-bond donors (Lipinski definition) is 2. The third kappa shape index (κ3) is 2.71. The van der Waals surface area contributed by atoms with Crippen molar-refractivity contribution in [3.05, 3.63) is 0 Å². The normalized spacial score (nSPS) is 44.9. The van der Waals surface area contributed by atoms with Crippen molar-refractivity contribution < 1.29 is 19.7 Å². The summed E-state index contributed by atoms with van der Waals surface area (Å²) in [5, 5.41) is 19.7. The number of aliphatic hydroxyl groups excluding tert-OH is 2. The first-order valence-corrected chi connectivity index (χ1v) is 7.69. The number of hydrogen-bond acceptors (Lipinski definition) is 4. The van der Waals surface area contributed by atoms with E-state index in [1.165, 1.54) is 19.3 Å². The van der Waals surface area contributed by atoms with E-state index in [2.05, 4.69) is 0 Å². The SMILES string of the molecule is O=C1C[C@@H](C2CCCCC2)OC2CC(O)CC(O)C12. The van der Waals surface area contributed by atoms with E-state index in [-0.39, 0.29) is 18.0 Å². The monoisotopic (exact) mass is 268 g/mol. The Morgan fingerprint density at radius 1 is 1.00 bits per heavy atom. The molecule has 3 aliphatic rings. The summed E-state index contributed by atoms with van der Waals surface area (Å²) >= 11 is 0. The lowest BCUT2D eigenvalue weighted by atomic mass is 9.74. The Morgan fingerprint density at radius 3 is 2.47 bits per heavy atom. The zero-order valence-corrected chi connectivity index (χ0v) is 11.3. The number of rotatable bonds is 1. The Morgan fingerprint density at radius 2 is 1.74 bits per heavy atom. The topological polar surface area (TPSA) is 66.8 Å². The molecule has 1 aliphatic heterocycles. The van der Waals surface area contributed by atoms with Crippen molar-refractivity contribution >= 4 is 5.78 Å². The van der Waals surface area contributed by atoms with Crippen molar-refractivity contribution in [1.29, 1.82) is 0 Å². The zero-order chi connectivity index (χ0) is 13.4. The molecule has 2 aliphatic carbocycles. The first-order valence-electron chi connectivity index (χ1n) is 7.69. The molecule has 2 saturated carbocycles. The summed E-state index contributed by atoms with van der Waals surface area (Å²) in [6, 6.07) is 0. The number of aliphatic hydroxyl groups is 2. The minimum absolute atomic E-state index is 0.0200. The molecule has 2 N–H and O–H groups in total. The average Bonchev–Trinajstić information content (AvgIpc) is 2.38. The Hall–Kier alpha value is -0.450. The molecule has 4 unspecified atom stereocenters. The van der Waals surface area contributed by atoms with Crippen LogP contribution in [0.2, 0.25) is 0 Å². The second kappa shape index (κ2) is 5.51. The van der Waals surface area contributed by atoms with Gasteiger partial charge < -0.3 is 14.9 Å². The smallest absolute Gasteiger partial charge is 0.143 e. The van der Waals surface area contributed by atoms with E-state index < -0.39 is 18.1 Å². The van der Waals surface area contributed by atoms with Gasteiger partial charge in [-0.05, 0) is 18.8 Å². The van der Waals surface area contributed by atoms with Gasteiger partial charge in [0.1, 0.15) is 5.78 Å². The van der Waals surface area contributed by atoms with Crippen LogP contribution in [0, 0.1) is 11.8 Å². The van der Waals surface area contributed by atoms with E-state index in [4.69, 9.17) is 4.74 Å². The molecular formula is C15H24O4. The average molecular weight is 268 g/mol. The third-order valence-corrected chi connectivity index (χ3v) is 5.13. The molecular weight excluding hydrogens is 244 g/mol. The molecule has 1 saturated heterocycles. The number of Topliss-reactive ketones (excluding diaryl/α,β-unsaturated/α-hetero) is 1. The lowest BCUT2D eigenvalue weighted by molar-refractivity contribution is -0.180. The van der Waals surface area contributed by atoms with Crippen molar-refractivity contribution in [3.8, 4) is 0 Å². The minimum Gasteiger partial charge on any atom is -0.393 e. The van der Waals surface area contributed by atoms with Crippen LogP contribution >= 0.6 is 0 Å². The Bertz CT molecular complexity index is 337. The van der Waals surface area contributed by atoms with E-state index in [1.54, 1.807) is 0 Å². The molecule has 108 valence electrons. The highest BCUT2D eigenvalue weighted by atomic mass is 16.5. The maximum atomic E-state index is 12.3. The second-order valence-corrected chi connectivity index (χ2v) is 6.50. The van der Waals surface area contributed by atoms with Crippen molar-refractivity contribution in [2.24, 2.45) is 11.8 Å². The van der Waals surface area contributed by atoms with Gasteiger partial charge in [0, 0.05) is 19.3 Å². The van der Waals surface area contributed by atoms with Crippen LogP contribution in [0.25, 0.3) is 0 Å². The van der Waals surface area contributed by atoms with Crippen LogP contribution in [0.5, 0.6) is 0 Å². The lowest BCUT2D eigenvalue weighted by Gasteiger charge is -2.44. The molecule has 0 radical (unpaired) electrons. The Kier molecular flexibility index (Phi) is 3.92. The van der Waals surface area contributed by atoms with Crippen LogP contribution in [0.1, 0.15) is 51.4 Å². The fourth-order valence-electron chi connectivity index (χ4n) is 4.14. The highest BCUT2D eigenvalue weighted by Crippen LogP contribution is 2.39. The van der Waals surface area contributed by atoms with Crippen LogP contribution in [-0.2, 0) is 9.53 Å². The standard InChI is InChI=1S/C15H24O4/c16-10-6-11(17)15-12(18)8-13(19-14(15)7-10)9-4-2-1-3-5-9/h9-11,13-17H,1-8H2/t10?,11?,13-,14?,15?/m0/s1. The molecule has 4 nitrogen and oxygen atoms in total. The molecule has 3 rings (SSSR count). The lowest BCUT2D eigenvalue weighted by Crippen LogP contribution is -2.53. The van der Waals surface area contributed by atoms with Gasteiger partial charge >= 0.3 is 0 Å². The minimum atomic E-state index is -0.728. The third-order valence-electron chi connectivity index (χ3n) is 5.13. The summed E-state index contributed by atoms with van der Waals surface area (Å²) in [7, 11) is 0. The van der Waals surface area contributed by atoms with Gasteiger partial charge in [-0.2, -0.15) is 0 Å². The van der Waals surface area contributed by atoms with Crippen LogP contribution in [0.3, 0.4) is 0 Å². The summed E-state index contributed by atoms with van der Waals surface area (Å²) in [6.45, 7) is 0. The molecule has 1 heterocycles. The van der Waals surface area contributed by atoms with Crippen LogP contribution in [-0.4, -0.2) is 40.4 Å². The van der Waals surface area contributed by atoms with E-state index in [0.29, 0.717) is 25.2 Å². The first kappa shape index (κ1) is 13.5. The fourth-order valence-corrected chi connectivity index (χ4v) is 4.14. The van der Waals surface area contributed by atoms with Gasteiger partial charge in [0.2, 0.25) is 0 Å². The fraction of sp³-hybridized carbons (Fsp3) is 0.933. The molecule has 0 spiro atoms. The van der Waals surface area contributed by atoms with Gasteiger partial charge in [-0.1, -0.05) is 19.3 Å². The van der Waals surface area contributed by atoms with Crippen LogP contribution in [0.15, 0.2) is 0 Å². The van der Waals surface area contributed by atoms with Crippen molar-refractivity contribution in [2.75, 3.05) is 0 Å². The zero-order valence-electron chi connectivity index (χ0n) is 11.3. The van der Waals surface area contributed by atoms with E-state index >= 15 is 0 Å². The summed E-state index contributed by atoms with van der Waals surface area (Å²) in [5.74, 6) is 0.240. The number of carbonyl (C=O) groups excluding carboxylic acids is 1. The van der Waals surface area contributed by atoms with Crippen LogP contribution < -0.4 is 0 Å². The molecule has 19 heavy (non-hydrogen) atoms. The summed E-state index contributed by atoms with van der Waals surface area (Å²) in [5.41, 5.74) is 0. The van der Waals surface area contributed by atoms with Gasteiger partial charge in [-0.3, -0.25) is 4.79 Å².